The minimum Gasteiger partial charge on any atom is -0.480 e. The van der Waals surface area contributed by atoms with Gasteiger partial charge in [0.05, 0.1) is 5.75 Å². The molecule has 0 aromatic carbocycles. The van der Waals surface area contributed by atoms with Gasteiger partial charge in [0, 0.05) is 0 Å². The molecule has 0 rings (SSSR count). The Labute approximate surface area is 84.6 Å². The van der Waals surface area contributed by atoms with Gasteiger partial charge in [0.25, 0.3) is 0 Å². The van der Waals surface area contributed by atoms with E-state index in [1.165, 1.54) is 6.92 Å². The van der Waals surface area contributed by atoms with E-state index in [0.717, 1.165) is 6.42 Å². The number of sulfonamides is 1. The quantitative estimate of drug-likeness (QED) is 0.683. The molecule has 0 fully saturated rings. The summed E-state index contributed by atoms with van der Waals surface area (Å²) in [6.45, 7) is 5.00. The van der Waals surface area contributed by atoms with Crippen LogP contribution in [0.2, 0.25) is 0 Å². The largest absolute Gasteiger partial charge is 0.480 e. The van der Waals surface area contributed by atoms with Crippen LogP contribution < -0.4 is 4.72 Å². The lowest BCUT2D eigenvalue weighted by atomic mass is 10.2. The van der Waals surface area contributed by atoms with Gasteiger partial charge in [0.1, 0.15) is 6.04 Å². The Morgan fingerprint density at radius 2 is 1.93 bits per heavy atom. The van der Waals surface area contributed by atoms with Crippen LogP contribution in [-0.4, -0.2) is 31.3 Å². The van der Waals surface area contributed by atoms with Crippen molar-refractivity contribution >= 4 is 16.0 Å². The van der Waals surface area contributed by atoms with Gasteiger partial charge >= 0.3 is 5.97 Å². The summed E-state index contributed by atoms with van der Waals surface area (Å²) in [5.41, 5.74) is 0. The number of carboxylic acids is 1. The predicted octanol–water partition coefficient (Wildman–Crippen LogP) is 0.425. The number of carboxylic acid groups (broad SMARTS) is 1. The standard InChI is InChI=1S/C8H17NO4S/c1-4-6(2)5-14(12,13)9-7(3)8(10)11/h6-7,9H,4-5H2,1-3H3,(H,10,11). The van der Waals surface area contributed by atoms with Crippen LogP contribution in [0.3, 0.4) is 0 Å². The minimum atomic E-state index is -3.47. The van der Waals surface area contributed by atoms with Crippen LogP contribution in [0.4, 0.5) is 0 Å². The van der Waals surface area contributed by atoms with Crippen LogP contribution in [0.1, 0.15) is 27.2 Å². The monoisotopic (exact) mass is 223 g/mol. The van der Waals surface area contributed by atoms with E-state index in [4.69, 9.17) is 5.11 Å². The fraction of sp³-hybridized carbons (Fsp3) is 0.875. The molecule has 84 valence electrons. The molecule has 0 aromatic rings. The van der Waals surface area contributed by atoms with E-state index in [1.54, 1.807) is 0 Å². The first-order chi connectivity index (χ1) is 6.28. The molecule has 2 atom stereocenters. The Morgan fingerprint density at radius 1 is 1.43 bits per heavy atom. The fourth-order valence-electron chi connectivity index (χ4n) is 0.860. The first-order valence-electron chi connectivity index (χ1n) is 4.51. The molecule has 14 heavy (non-hydrogen) atoms. The van der Waals surface area contributed by atoms with Crippen molar-refractivity contribution in [3.8, 4) is 0 Å². The maximum atomic E-state index is 11.3. The van der Waals surface area contributed by atoms with E-state index in [2.05, 4.69) is 4.72 Å². The lowest BCUT2D eigenvalue weighted by Gasteiger charge is -2.12. The molecule has 0 radical (unpaired) electrons. The van der Waals surface area contributed by atoms with Crippen molar-refractivity contribution < 1.29 is 18.3 Å². The van der Waals surface area contributed by atoms with E-state index in [1.807, 2.05) is 13.8 Å². The average Bonchev–Trinajstić information content (AvgIpc) is 2.02. The number of hydrogen-bond acceptors (Lipinski definition) is 3. The van der Waals surface area contributed by atoms with Gasteiger partial charge in [-0.15, -0.1) is 0 Å². The van der Waals surface area contributed by atoms with Crippen molar-refractivity contribution in [3.63, 3.8) is 0 Å². The Bertz CT molecular complexity index is 286. The zero-order valence-electron chi connectivity index (χ0n) is 8.65. The molecule has 0 amide bonds. The van der Waals surface area contributed by atoms with Crippen molar-refractivity contribution in [2.75, 3.05) is 5.75 Å². The highest BCUT2D eigenvalue weighted by Gasteiger charge is 2.20. The van der Waals surface area contributed by atoms with Crippen LogP contribution in [0, 0.1) is 5.92 Å². The molecule has 0 bridgehead atoms. The van der Waals surface area contributed by atoms with Crippen molar-refractivity contribution in [2.24, 2.45) is 5.92 Å². The highest BCUT2D eigenvalue weighted by atomic mass is 32.2. The van der Waals surface area contributed by atoms with Crippen LogP contribution in [0.25, 0.3) is 0 Å². The summed E-state index contributed by atoms with van der Waals surface area (Å²) in [7, 11) is -3.47. The molecule has 2 N–H and O–H groups in total. The van der Waals surface area contributed by atoms with Gasteiger partial charge in [0.15, 0.2) is 0 Å². The molecule has 0 aliphatic heterocycles. The fourth-order valence-corrected chi connectivity index (χ4v) is 2.58. The van der Waals surface area contributed by atoms with Crippen molar-refractivity contribution in [1.29, 1.82) is 0 Å². The second-order valence-corrected chi connectivity index (χ2v) is 5.27. The molecular weight excluding hydrogens is 206 g/mol. The number of hydrogen-bond donors (Lipinski definition) is 2. The van der Waals surface area contributed by atoms with E-state index in [9.17, 15) is 13.2 Å². The Kier molecular flexibility index (Phi) is 5.07. The molecule has 5 nitrogen and oxygen atoms in total. The van der Waals surface area contributed by atoms with Gasteiger partial charge in [-0.25, -0.2) is 13.1 Å². The summed E-state index contributed by atoms with van der Waals surface area (Å²) in [5.74, 6) is -1.16. The van der Waals surface area contributed by atoms with Crippen molar-refractivity contribution in [1.82, 2.24) is 4.72 Å². The van der Waals surface area contributed by atoms with Gasteiger partial charge in [0.2, 0.25) is 10.0 Å². The van der Waals surface area contributed by atoms with Crippen molar-refractivity contribution in [2.45, 2.75) is 33.2 Å². The topological polar surface area (TPSA) is 83.5 Å². The summed E-state index contributed by atoms with van der Waals surface area (Å²) >= 11 is 0. The molecular formula is C8H17NO4S. The molecule has 0 aliphatic rings. The Morgan fingerprint density at radius 3 is 2.29 bits per heavy atom. The van der Waals surface area contributed by atoms with E-state index < -0.39 is 22.0 Å². The smallest absolute Gasteiger partial charge is 0.321 e. The molecule has 0 aliphatic carbocycles. The summed E-state index contributed by atoms with van der Waals surface area (Å²) in [6.07, 6.45) is 0.752. The van der Waals surface area contributed by atoms with Gasteiger partial charge in [-0.05, 0) is 12.8 Å². The minimum absolute atomic E-state index is 0.0267. The van der Waals surface area contributed by atoms with Gasteiger partial charge in [-0.3, -0.25) is 4.79 Å². The van der Waals surface area contributed by atoms with E-state index >= 15 is 0 Å². The summed E-state index contributed by atoms with van der Waals surface area (Å²) in [6, 6.07) is -1.07. The van der Waals surface area contributed by atoms with E-state index in [0.29, 0.717) is 0 Å². The number of rotatable bonds is 6. The first-order valence-corrected chi connectivity index (χ1v) is 6.16. The van der Waals surface area contributed by atoms with Gasteiger partial charge in [-0.2, -0.15) is 0 Å². The molecule has 0 heterocycles. The zero-order chi connectivity index (χ0) is 11.4. The third-order valence-electron chi connectivity index (χ3n) is 1.93. The second kappa shape index (κ2) is 5.31. The average molecular weight is 223 g/mol. The van der Waals surface area contributed by atoms with Crippen LogP contribution in [-0.2, 0) is 14.8 Å². The molecule has 0 spiro atoms. The maximum absolute atomic E-state index is 11.3. The highest BCUT2D eigenvalue weighted by Crippen LogP contribution is 2.04. The second-order valence-electron chi connectivity index (χ2n) is 3.47. The molecule has 2 unspecified atom stereocenters. The van der Waals surface area contributed by atoms with Crippen molar-refractivity contribution in [3.05, 3.63) is 0 Å². The highest BCUT2D eigenvalue weighted by molar-refractivity contribution is 7.89. The zero-order valence-corrected chi connectivity index (χ0v) is 9.47. The summed E-state index contributed by atoms with van der Waals surface area (Å²) in [5, 5.41) is 8.51. The molecule has 0 saturated carbocycles. The predicted molar refractivity (Wildman–Crippen MR) is 53.5 cm³/mol. The summed E-state index contributed by atoms with van der Waals surface area (Å²) in [4.78, 5) is 10.4. The number of carbonyl (C=O) groups is 1. The van der Waals surface area contributed by atoms with Crippen LogP contribution >= 0.6 is 0 Å². The first kappa shape index (κ1) is 13.4. The summed E-state index contributed by atoms with van der Waals surface area (Å²) < 4.78 is 24.8. The third-order valence-corrected chi connectivity index (χ3v) is 3.65. The third kappa shape index (κ3) is 5.18. The lowest BCUT2D eigenvalue weighted by Crippen LogP contribution is -2.40. The normalized spacial score (nSPS) is 16.2. The van der Waals surface area contributed by atoms with Gasteiger partial charge in [-0.1, -0.05) is 20.3 Å². The van der Waals surface area contributed by atoms with Gasteiger partial charge < -0.3 is 5.11 Å². The Hall–Kier alpha value is -0.620. The maximum Gasteiger partial charge on any atom is 0.321 e. The Balaban J connectivity index is 4.28. The van der Waals surface area contributed by atoms with Crippen LogP contribution in [0.15, 0.2) is 0 Å². The molecule has 0 saturated heterocycles. The molecule has 0 aromatic heterocycles. The SMILES string of the molecule is CCC(C)CS(=O)(=O)NC(C)C(=O)O. The number of aliphatic carboxylic acids is 1. The van der Waals surface area contributed by atoms with E-state index in [-0.39, 0.29) is 11.7 Å². The lowest BCUT2D eigenvalue weighted by molar-refractivity contribution is -0.138. The molecule has 6 heteroatoms. The van der Waals surface area contributed by atoms with Crippen LogP contribution in [0.5, 0.6) is 0 Å². The number of nitrogens with one attached hydrogen (secondary N) is 1.